The number of carbonyl (C=O) groups excluding carboxylic acids is 4. The first kappa shape index (κ1) is 63.9. The van der Waals surface area contributed by atoms with Gasteiger partial charge in [0.25, 0.3) is 0 Å². The summed E-state index contributed by atoms with van der Waals surface area (Å²) in [5.74, 6) is 0.715. The molecule has 0 unspecified atom stereocenters. The monoisotopic (exact) mass is 1010 g/mol. The molecule has 71 heavy (non-hydrogen) atoms. The first-order valence-electron chi connectivity index (χ1n) is 29.2. The first-order valence-corrected chi connectivity index (χ1v) is 30.0. The maximum Gasteiger partial charge on any atom is 0.306 e. The largest absolute Gasteiger partial charge is 0.493 e. The summed E-state index contributed by atoms with van der Waals surface area (Å²) in [5, 5.41) is 0.905. The van der Waals surface area contributed by atoms with Crippen molar-refractivity contribution in [2.75, 3.05) is 47.1 Å². The minimum atomic E-state index is -0.347. The molecular weight excluding hydrogens is 911 g/mol. The highest BCUT2D eigenvalue weighted by atomic mass is 32.1. The number of Topliss-reactive ketones (excluding diaryl/α,β-unsaturated/α-hetero) is 1. The van der Waals surface area contributed by atoms with E-state index >= 15 is 0 Å². The Morgan fingerprint density at radius 1 is 0.451 bits per heavy atom. The average molecular weight is 1010 g/mol. The van der Waals surface area contributed by atoms with Crippen LogP contribution in [-0.2, 0) is 28.6 Å². The Morgan fingerprint density at radius 3 is 1.39 bits per heavy atom. The van der Waals surface area contributed by atoms with Gasteiger partial charge in [-0.1, -0.05) is 162 Å². The van der Waals surface area contributed by atoms with E-state index < -0.39 is 0 Å². The fraction of sp³-hybridized carbons (Fsp3) is 0.800. The van der Waals surface area contributed by atoms with Gasteiger partial charge in [-0.15, -0.1) is 11.3 Å². The van der Waals surface area contributed by atoms with Crippen LogP contribution < -0.4 is 9.47 Å². The van der Waals surface area contributed by atoms with E-state index in [4.69, 9.17) is 23.7 Å². The molecule has 0 aliphatic rings. The summed E-state index contributed by atoms with van der Waals surface area (Å²) < 4.78 is 28.9. The van der Waals surface area contributed by atoms with E-state index in [1.54, 1.807) is 14.2 Å². The number of rotatable bonds is 50. The van der Waals surface area contributed by atoms with E-state index in [-0.39, 0.29) is 42.6 Å². The van der Waals surface area contributed by atoms with Gasteiger partial charge in [0.1, 0.15) is 6.10 Å². The molecule has 2 rings (SSSR count). The Balaban J connectivity index is 1.73. The number of carbonyl (C=O) groups is 4. The lowest BCUT2D eigenvalue weighted by Crippen LogP contribution is -2.27. The maximum absolute atomic E-state index is 13.0. The molecule has 11 heteroatoms. The molecule has 0 fully saturated rings. The predicted octanol–water partition coefficient (Wildman–Crippen LogP) is 16.9. The zero-order valence-corrected chi connectivity index (χ0v) is 46.9. The van der Waals surface area contributed by atoms with Gasteiger partial charge < -0.3 is 28.6 Å². The molecule has 0 atom stereocenters. The summed E-state index contributed by atoms with van der Waals surface area (Å²) >= 11 is 1.39. The zero-order valence-electron chi connectivity index (χ0n) is 46.0. The smallest absolute Gasteiger partial charge is 0.306 e. The third kappa shape index (κ3) is 33.3. The molecule has 0 bridgehead atoms. The number of hydrogen-bond acceptors (Lipinski definition) is 11. The first-order chi connectivity index (χ1) is 34.7. The highest BCUT2D eigenvalue weighted by Gasteiger charge is 2.17. The molecular formula is C60H103NO9S. The molecule has 1 heterocycles. The van der Waals surface area contributed by atoms with Gasteiger partial charge in [0.15, 0.2) is 17.3 Å². The van der Waals surface area contributed by atoms with Crippen molar-refractivity contribution in [3.63, 3.8) is 0 Å². The number of methoxy groups -OCH3 is 2. The number of nitrogens with zero attached hydrogens (tertiary/aromatic N) is 1. The second kappa shape index (κ2) is 44.3. The fourth-order valence-corrected chi connectivity index (χ4v) is 10.3. The van der Waals surface area contributed by atoms with Crippen LogP contribution in [0.15, 0.2) is 18.2 Å². The standard InChI is InChI=1S/C60H103NO9S/c1-6-9-12-15-18-19-20-26-35-46-68-58(63)39-31-27-33-44-61(45-34-36-47-69-59(64)42-41-53(62)57-49-51-48-54(66-4)55(67-5)50-56(51)71-57)43-32-25-21-24-30-40-60(65)70-52(37-28-22-16-13-10-7-2)38-29-23-17-14-11-8-3/h48-50,52H,6-47H2,1-5H3. The van der Waals surface area contributed by atoms with Gasteiger partial charge in [0, 0.05) is 30.0 Å². The predicted molar refractivity (Wildman–Crippen MR) is 295 cm³/mol. The van der Waals surface area contributed by atoms with Crippen LogP contribution in [0.2, 0.25) is 0 Å². The van der Waals surface area contributed by atoms with Crippen molar-refractivity contribution in [1.29, 1.82) is 0 Å². The Hall–Kier alpha value is -3.18. The third-order valence-electron chi connectivity index (χ3n) is 13.8. The lowest BCUT2D eigenvalue weighted by atomic mass is 10.0. The van der Waals surface area contributed by atoms with E-state index in [0.717, 1.165) is 132 Å². The summed E-state index contributed by atoms with van der Waals surface area (Å²) in [7, 11) is 3.17. The number of fused-ring (bicyclic) bond motifs is 1. The van der Waals surface area contributed by atoms with Gasteiger partial charge in [-0.2, -0.15) is 0 Å². The van der Waals surface area contributed by atoms with Crippen LogP contribution in [0.3, 0.4) is 0 Å². The van der Waals surface area contributed by atoms with Crippen LogP contribution >= 0.6 is 11.3 Å². The Morgan fingerprint density at radius 2 is 0.859 bits per heavy atom. The van der Waals surface area contributed by atoms with Gasteiger partial charge in [-0.25, -0.2) is 0 Å². The number of ketones is 1. The topological polar surface area (TPSA) is 118 Å². The van der Waals surface area contributed by atoms with Crippen LogP contribution in [0.4, 0.5) is 0 Å². The number of esters is 3. The Kier molecular flexibility index (Phi) is 39.9. The minimum Gasteiger partial charge on any atom is -0.493 e. The number of unbranched alkanes of at least 4 members (excludes halogenated alkanes) is 25. The lowest BCUT2D eigenvalue weighted by molar-refractivity contribution is -0.150. The van der Waals surface area contributed by atoms with Crippen LogP contribution in [0.1, 0.15) is 268 Å². The number of benzene rings is 1. The van der Waals surface area contributed by atoms with Gasteiger partial charge in [0.2, 0.25) is 0 Å². The quantitative estimate of drug-likeness (QED) is 0.0274. The molecule has 408 valence electrons. The van der Waals surface area contributed by atoms with Gasteiger partial charge in [-0.3, -0.25) is 19.2 Å². The van der Waals surface area contributed by atoms with E-state index in [2.05, 4.69) is 25.7 Å². The molecule has 1 aromatic heterocycles. The van der Waals surface area contributed by atoms with E-state index in [0.29, 0.717) is 42.4 Å². The molecule has 2 aromatic rings. The van der Waals surface area contributed by atoms with Crippen molar-refractivity contribution >= 4 is 45.1 Å². The van der Waals surface area contributed by atoms with Crippen LogP contribution in [-0.4, -0.2) is 81.8 Å². The molecule has 0 spiro atoms. The van der Waals surface area contributed by atoms with Crippen molar-refractivity contribution in [1.82, 2.24) is 4.90 Å². The van der Waals surface area contributed by atoms with Crippen molar-refractivity contribution in [3.05, 3.63) is 23.1 Å². The van der Waals surface area contributed by atoms with Crippen molar-refractivity contribution in [3.8, 4) is 11.5 Å². The van der Waals surface area contributed by atoms with E-state index in [9.17, 15) is 19.2 Å². The summed E-state index contributed by atoms with van der Waals surface area (Å²) in [5.41, 5.74) is 0. The Bertz CT molecular complexity index is 1590. The SMILES string of the molecule is CCCCCCCCCCCOC(=O)CCCCCN(CCCCCCCC(=O)OC(CCCCCCCC)CCCCCCCC)CCCCOC(=O)CCC(=O)c1cc2cc(OC)c(OC)cc2s1. The van der Waals surface area contributed by atoms with Gasteiger partial charge in [-0.05, 0) is 108 Å². The summed E-state index contributed by atoms with van der Waals surface area (Å²) in [6.45, 7) is 10.5. The summed E-state index contributed by atoms with van der Waals surface area (Å²) in [4.78, 5) is 54.1. The highest BCUT2D eigenvalue weighted by Crippen LogP contribution is 2.37. The summed E-state index contributed by atoms with van der Waals surface area (Å²) in [6, 6.07) is 5.58. The van der Waals surface area contributed by atoms with Crippen molar-refractivity contribution in [2.45, 2.75) is 264 Å². The summed E-state index contributed by atoms with van der Waals surface area (Å²) in [6.07, 6.45) is 39.4. The van der Waals surface area contributed by atoms with Crippen LogP contribution in [0.5, 0.6) is 11.5 Å². The van der Waals surface area contributed by atoms with Crippen LogP contribution in [0.25, 0.3) is 10.1 Å². The Labute approximate surface area is 437 Å². The highest BCUT2D eigenvalue weighted by molar-refractivity contribution is 7.20. The normalized spacial score (nSPS) is 11.5. The fourth-order valence-electron chi connectivity index (χ4n) is 9.27. The number of ether oxygens (including phenoxy) is 5. The number of thiophene rings is 1. The van der Waals surface area contributed by atoms with E-state index in [1.807, 2.05) is 18.2 Å². The number of hydrogen-bond donors (Lipinski definition) is 0. The van der Waals surface area contributed by atoms with Gasteiger partial charge in [0.05, 0.1) is 38.7 Å². The molecule has 0 N–H and O–H groups in total. The molecule has 10 nitrogen and oxygen atoms in total. The molecule has 0 aliphatic carbocycles. The molecule has 0 amide bonds. The second-order valence-electron chi connectivity index (χ2n) is 20.2. The lowest BCUT2D eigenvalue weighted by Gasteiger charge is -2.22. The molecule has 0 radical (unpaired) electrons. The molecule has 0 saturated carbocycles. The van der Waals surface area contributed by atoms with E-state index in [1.165, 1.54) is 120 Å². The average Bonchev–Trinajstić information content (AvgIpc) is 3.80. The van der Waals surface area contributed by atoms with Crippen molar-refractivity contribution in [2.24, 2.45) is 0 Å². The molecule has 0 saturated heterocycles. The minimum absolute atomic E-state index is 0.0140. The molecule has 0 aliphatic heterocycles. The third-order valence-corrected chi connectivity index (χ3v) is 14.9. The zero-order chi connectivity index (χ0) is 51.4. The molecule has 1 aromatic carbocycles. The van der Waals surface area contributed by atoms with Gasteiger partial charge >= 0.3 is 17.9 Å². The van der Waals surface area contributed by atoms with Crippen LogP contribution in [0, 0.1) is 0 Å². The maximum atomic E-state index is 13.0. The second-order valence-corrected chi connectivity index (χ2v) is 21.2. The van der Waals surface area contributed by atoms with Crippen molar-refractivity contribution < 1.29 is 42.9 Å².